The molecule has 1 N–H and O–H groups in total. The Morgan fingerprint density at radius 2 is 2.15 bits per heavy atom. The molecule has 0 aromatic carbocycles. The fraction of sp³-hybridized carbons (Fsp3) is 0.688. The normalized spacial score (nSPS) is 25.4. The predicted octanol–water partition coefficient (Wildman–Crippen LogP) is 2.86. The van der Waals surface area contributed by atoms with Gasteiger partial charge in [0.2, 0.25) is 0 Å². The van der Waals surface area contributed by atoms with Crippen LogP contribution in [0.3, 0.4) is 0 Å². The van der Waals surface area contributed by atoms with Crippen molar-refractivity contribution in [2.75, 3.05) is 13.1 Å². The number of thiophene rings is 1. The third kappa shape index (κ3) is 2.77. The van der Waals surface area contributed by atoms with Gasteiger partial charge in [0.1, 0.15) is 0 Å². The fourth-order valence-corrected chi connectivity index (χ4v) is 4.33. The first-order chi connectivity index (χ1) is 9.44. The molecular weight excluding hydrogens is 270 g/mol. The lowest BCUT2D eigenvalue weighted by molar-refractivity contribution is -0.00188. The lowest BCUT2D eigenvalue weighted by atomic mass is 9.90. The number of nitrogens with zero attached hydrogens (tertiary/aromatic N) is 1. The second kappa shape index (κ2) is 5.15. The molecule has 3 rings (SSSR count). The van der Waals surface area contributed by atoms with E-state index in [4.69, 9.17) is 0 Å². The van der Waals surface area contributed by atoms with E-state index < -0.39 is 5.60 Å². The van der Waals surface area contributed by atoms with Crippen LogP contribution in [0.5, 0.6) is 0 Å². The maximum Gasteiger partial charge on any atom is 0.263 e. The van der Waals surface area contributed by atoms with E-state index in [-0.39, 0.29) is 5.91 Å². The van der Waals surface area contributed by atoms with E-state index in [0.29, 0.717) is 25.9 Å². The van der Waals surface area contributed by atoms with Gasteiger partial charge in [-0.25, -0.2) is 0 Å². The summed E-state index contributed by atoms with van der Waals surface area (Å²) in [5.41, 5.74) is 0.794. The van der Waals surface area contributed by atoms with E-state index >= 15 is 0 Å². The summed E-state index contributed by atoms with van der Waals surface area (Å²) in [5, 5.41) is 9.97. The van der Waals surface area contributed by atoms with Crippen LogP contribution in [0.1, 0.15) is 53.2 Å². The number of aryl methyl sites for hydroxylation is 1. The van der Waals surface area contributed by atoms with Crippen molar-refractivity contribution in [1.82, 2.24) is 4.90 Å². The number of aliphatic hydroxyl groups is 1. The van der Waals surface area contributed by atoms with Crippen molar-refractivity contribution in [2.45, 2.75) is 51.6 Å². The highest BCUT2D eigenvalue weighted by molar-refractivity contribution is 7.14. The van der Waals surface area contributed by atoms with Crippen molar-refractivity contribution < 1.29 is 9.90 Å². The molecule has 0 bridgehead atoms. The van der Waals surface area contributed by atoms with E-state index in [1.165, 1.54) is 16.9 Å². The molecule has 1 aromatic rings. The van der Waals surface area contributed by atoms with Gasteiger partial charge in [-0.05, 0) is 56.6 Å². The van der Waals surface area contributed by atoms with Gasteiger partial charge in [0.15, 0.2) is 0 Å². The number of likely N-dealkylation sites (tertiary alicyclic amines) is 1. The zero-order chi connectivity index (χ0) is 14.3. The van der Waals surface area contributed by atoms with Gasteiger partial charge in [-0.2, -0.15) is 0 Å². The Morgan fingerprint density at radius 3 is 2.85 bits per heavy atom. The van der Waals surface area contributed by atoms with Crippen LogP contribution in [0, 0.1) is 5.92 Å². The summed E-state index contributed by atoms with van der Waals surface area (Å²) >= 11 is 1.69. The van der Waals surface area contributed by atoms with Gasteiger partial charge in [0.05, 0.1) is 10.5 Å². The minimum absolute atomic E-state index is 0.160. The van der Waals surface area contributed by atoms with Crippen molar-refractivity contribution >= 4 is 17.2 Å². The van der Waals surface area contributed by atoms with Crippen LogP contribution in [0.15, 0.2) is 6.07 Å². The number of hydrogen-bond acceptors (Lipinski definition) is 3. The van der Waals surface area contributed by atoms with E-state index in [1.54, 1.807) is 11.3 Å². The molecule has 4 heteroatoms. The second-order valence-electron chi connectivity index (χ2n) is 6.70. The Kier molecular flexibility index (Phi) is 3.63. The second-order valence-corrected chi connectivity index (χ2v) is 7.83. The van der Waals surface area contributed by atoms with Gasteiger partial charge >= 0.3 is 0 Å². The Balaban J connectivity index is 1.72. The van der Waals surface area contributed by atoms with Crippen molar-refractivity contribution in [3.63, 3.8) is 0 Å². The number of fused-ring (bicyclic) bond motifs is 1. The van der Waals surface area contributed by atoms with Crippen LogP contribution < -0.4 is 0 Å². The first-order valence-electron chi connectivity index (χ1n) is 7.58. The smallest absolute Gasteiger partial charge is 0.263 e. The molecule has 1 saturated heterocycles. The fourth-order valence-electron chi connectivity index (χ4n) is 3.16. The maximum atomic E-state index is 12.6. The molecule has 110 valence electrons. The molecule has 1 fully saturated rings. The number of carbonyl (C=O) groups excluding carboxylic acids is 1. The standard InChI is InChI=1S/C16H23NO2S/c1-11-3-4-13-12(9-11)10-14(20-13)15(18)17-7-5-16(2,19)6-8-17/h10-11,19H,3-9H2,1-2H3. The van der Waals surface area contributed by atoms with Crippen LogP contribution in [0.4, 0.5) is 0 Å². The van der Waals surface area contributed by atoms with Gasteiger partial charge in [0, 0.05) is 18.0 Å². The molecule has 0 radical (unpaired) electrons. The first-order valence-corrected chi connectivity index (χ1v) is 8.39. The molecule has 0 saturated carbocycles. The average molecular weight is 293 g/mol. The molecule has 1 amide bonds. The molecule has 2 heterocycles. The number of amides is 1. The van der Waals surface area contributed by atoms with Gasteiger partial charge in [-0.15, -0.1) is 11.3 Å². The van der Waals surface area contributed by atoms with E-state index in [9.17, 15) is 9.90 Å². The summed E-state index contributed by atoms with van der Waals surface area (Å²) in [6, 6.07) is 2.12. The summed E-state index contributed by atoms with van der Waals surface area (Å²) in [4.78, 5) is 16.8. The summed E-state index contributed by atoms with van der Waals surface area (Å²) < 4.78 is 0. The Hall–Kier alpha value is -0.870. The minimum Gasteiger partial charge on any atom is -0.390 e. The highest BCUT2D eigenvalue weighted by Crippen LogP contribution is 2.33. The largest absolute Gasteiger partial charge is 0.390 e. The third-order valence-corrected chi connectivity index (χ3v) is 5.89. The summed E-state index contributed by atoms with van der Waals surface area (Å²) in [7, 11) is 0. The molecular formula is C16H23NO2S. The van der Waals surface area contributed by atoms with Crippen molar-refractivity contribution in [1.29, 1.82) is 0 Å². The first kappa shape index (κ1) is 14.1. The van der Waals surface area contributed by atoms with Crippen LogP contribution in [0.25, 0.3) is 0 Å². The quantitative estimate of drug-likeness (QED) is 0.865. The molecule has 0 spiro atoms. The number of rotatable bonds is 1. The Labute approximate surface area is 124 Å². The Bertz CT molecular complexity index is 511. The zero-order valence-corrected chi connectivity index (χ0v) is 13.1. The molecule has 20 heavy (non-hydrogen) atoms. The van der Waals surface area contributed by atoms with Gasteiger partial charge in [-0.1, -0.05) is 6.92 Å². The van der Waals surface area contributed by atoms with Crippen LogP contribution >= 0.6 is 11.3 Å². The van der Waals surface area contributed by atoms with Gasteiger partial charge < -0.3 is 10.0 Å². The van der Waals surface area contributed by atoms with Crippen molar-refractivity contribution in [3.05, 3.63) is 21.4 Å². The molecule has 3 nitrogen and oxygen atoms in total. The van der Waals surface area contributed by atoms with Crippen LogP contribution in [-0.4, -0.2) is 34.6 Å². The molecule has 1 atom stereocenters. The SMILES string of the molecule is CC1CCc2sc(C(=O)N3CCC(C)(O)CC3)cc2C1. The Morgan fingerprint density at radius 1 is 1.45 bits per heavy atom. The predicted molar refractivity (Wildman–Crippen MR) is 81.3 cm³/mol. The molecule has 2 aliphatic rings. The van der Waals surface area contributed by atoms with E-state index in [2.05, 4.69) is 13.0 Å². The monoisotopic (exact) mass is 293 g/mol. The molecule has 1 aliphatic heterocycles. The summed E-state index contributed by atoms with van der Waals surface area (Å²) in [5.74, 6) is 0.901. The van der Waals surface area contributed by atoms with Crippen LogP contribution in [-0.2, 0) is 12.8 Å². The molecule has 1 aliphatic carbocycles. The summed E-state index contributed by atoms with van der Waals surface area (Å²) in [6.07, 6.45) is 4.85. The minimum atomic E-state index is -0.596. The van der Waals surface area contributed by atoms with Crippen molar-refractivity contribution in [2.24, 2.45) is 5.92 Å². The molecule has 1 unspecified atom stereocenters. The lowest BCUT2D eigenvalue weighted by Crippen LogP contribution is -2.44. The topological polar surface area (TPSA) is 40.5 Å². The van der Waals surface area contributed by atoms with Gasteiger partial charge in [-0.3, -0.25) is 4.79 Å². The number of carbonyl (C=O) groups is 1. The third-order valence-electron chi connectivity index (χ3n) is 4.67. The van der Waals surface area contributed by atoms with E-state index in [1.807, 2.05) is 11.8 Å². The van der Waals surface area contributed by atoms with Gasteiger partial charge in [0.25, 0.3) is 5.91 Å². The average Bonchev–Trinajstić information content (AvgIpc) is 2.80. The van der Waals surface area contributed by atoms with E-state index in [0.717, 1.165) is 23.6 Å². The highest BCUT2D eigenvalue weighted by atomic mass is 32.1. The number of piperidine rings is 1. The van der Waals surface area contributed by atoms with Crippen LogP contribution in [0.2, 0.25) is 0 Å². The van der Waals surface area contributed by atoms with Crippen molar-refractivity contribution in [3.8, 4) is 0 Å². The zero-order valence-electron chi connectivity index (χ0n) is 12.3. The summed E-state index contributed by atoms with van der Waals surface area (Å²) in [6.45, 7) is 5.49. The maximum absolute atomic E-state index is 12.6. The lowest BCUT2D eigenvalue weighted by Gasteiger charge is -2.35. The highest BCUT2D eigenvalue weighted by Gasteiger charge is 2.31. The number of hydrogen-bond donors (Lipinski definition) is 1. The molecule has 1 aromatic heterocycles.